The van der Waals surface area contributed by atoms with Gasteiger partial charge in [0, 0.05) is 44.3 Å². The molecule has 1 atom stereocenters. The van der Waals surface area contributed by atoms with Crippen molar-refractivity contribution in [2.45, 2.75) is 24.7 Å². The number of rotatable bonds is 5. The number of sulfonamides is 1. The van der Waals surface area contributed by atoms with E-state index in [9.17, 15) is 13.2 Å². The van der Waals surface area contributed by atoms with Crippen LogP contribution in [0.2, 0.25) is 5.02 Å². The first-order chi connectivity index (χ1) is 13.3. The lowest BCUT2D eigenvalue weighted by molar-refractivity contribution is -0.138. The van der Waals surface area contributed by atoms with E-state index in [0.717, 1.165) is 13.1 Å². The largest absolute Gasteiger partial charge is 0.492 e. The van der Waals surface area contributed by atoms with Gasteiger partial charge in [-0.15, -0.1) is 0 Å². The van der Waals surface area contributed by atoms with Crippen LogP contribution < -0.4 is 4.74 Å². The van der Waals surface area contributed by atoms with Crippen molar-refractivity contribution in [2.75, 3.05) is 52.9 Å². The Bertz CT molecular complexity index is 809. The lowest BCUT2D eigenvalue weighted by atomic mass is 9.98. The average Bonchev–Trinajstić information content (AvgIpc) is 2.69. The summed E-state index contributed by atoms with van der Waals surface area (Å²) >= 11 is 6.05. The van der Waals surface area contributed by atoms with Crippen LogP contribution in [0.25, 0.3) is 0 Å². The Morgan fingerprint density at radius 3 is 2.61 bits per heavy atom. The zero-order valence-corrected chi connectivity index (χ0v) is 18.0. The number of amides is 1. The van der Waals surface area contributed by atoms with E-state index in [4.69, 9.17) is 16.3 Å². The van der Waals surface area contributed by atoms with Crippen molar-refractivity contribution in [2.24, 2.45) is 5.92 Å². The van der Waals surface area contributed by atoms with E-state index in [1.54, 1.807) is 19.1 Å². The number of ether oxygens (including phenoxy) is 1. The molecule has 1 aromatic carbocycles. The SMILES string of the molecule is CCOc1ccc(Cl)cc1S(=O)(=O)N1CCC[C@H](C(=O)N2CCN(C)CC2)C1. The first-order valence-electron chi connectivity index (χ1n) is 9.72. The van der Waals surface area contributed by atoms with Crippen LogP contribution in [0.1, 0.15) is 19.8 Å². The Morgan fingerprint density at radius 1 is 1.21 bits per heavy atom. The van der Waals surface area contributed by atoms with Crippen molar-refractivity contribution in [1.82, 2.24) is 14.1 Å². The molecule has 1 aromatic rings. The van der Waals surface area contributed by atoms with Gasteiger partial charge in [0.2, 0.25) is 15.9 Å². The molecule has 9 heteroatoms. The number of likely N-dealkylation sites (N-methyl/N-ethyl adjacent to an activating group) is 1. The third-order valence-electron chi connectivity index (χ3n) is 5.37. The minimum absolute atomic E-state index is 0.0594. The quantitative estimate of drug-likeness (QED) is 0.715. The molecule has 0 N–H and O–H groups in total. The number of hydrogen-bond donors (Lipinski definition) is 0. The highest BCUT2D eigenvalue weighted by Gasteiger charge is 2.36. The highest BCUT2D eigenvalue weighted by Crippen LogP contribution is 2.32. The molecule has 7 nitrogen and oxygen atoms in total. The summed E-state index contributed by atoms with van der Waals surface area (Å²) in [6.45, 7) is 5.84. The summed E-state index contributed by atoms with van der Waals surface area (Å²) in [6.07, 6.45) is 1.37. The molecule has 0 saturated carbocycles. The topological polar surface area (TPSA) is 70.2 Å². The van der Waals surface area contributed by atoms with Crippen molar-refractivity contribution in [1.29, 1.82) is 0 Å². The fraction of sp³-hybridized carbons (Fsp3) is 0.632. The molecule has 0 radical (unpaired) electrons. The van der Waals surface area contributed by atoms with Gasteiger partial charge >= 0.3 is 0 Å². The van der Waals surface area contributed by atoms with Gasteiger partial charge < -0.3 is 14.5 Å². The van der Waals surface area contributed by atoms with Crippen LogP contribution in [0.5, 0.6) is 5.75 Å². The normalized spacial score (nSPS) is 22.2. The molecule has 3 rings (SSSR count). The van der Waals surface area contributed by atoms with Crippen molar-refractivity contribution in [3.05, 3.63) is 23.2 Å². The number of piperidine rings is 1. The third-order valence-corrected chi connectivity index (χ3v) is 7.49. The zero-order chi connectivity index (χ0) is 20.3. The van der Waals surface area contributed by atoms with E-state index < -0.39 is 10.0 Å². The van der Waals surface area contributed by atoms with Crippen LogP contribution in [0.15, 0.2) is 23.1 Å². The molecule has 2 fully saturated rings. The predicted octanol–water partition coefficient (Wildman–Crippen LogP) is 1.91. The molecule has 28 heavy (non-hydrogen) atoms. The summed E-state index contributed by atoms with van der Waals surface area (Å²) in [6, 6.07) is 4.62. The number of piperazine rings is 1. The Kier molecular flexibility index (Phi) is 6.85. The number of carbonyl (C=O) groups is 1. The molecule has 1 amide bonds. The van der Waals surface area contributed by atoms with E-state index in [-0.39, 0.29) is 23.3 Å². The molecule has 0 spiro atoms. The maximum atomic E-state index is 13.3. The van der Waals surface area contributed by atoms with Crippen molar-refractivity contribution < 1.29 is 17.9 Å². The fourth-order valence-electron chi connectivity index (χ4n) is 3.74. The Labute approximate surface area is 172 Å². The molecule has 0 bridgehead atoms. The zero-order valence-electron chi connectivity index (χ0n) is 16.4. The van der Waals surface area contributed by atoms with Gasteiger partial charge in [-0.25, -0.2) is 8.42 Å². The maximum Gasteiger partial charge on any atom is 0.246 e. The number of halogens is 1. The Hall–Kier alpha value is -1.35. The van der Waals surface area contributed by atoms with E-state index in [2.05, 4.69) is 4.90 Å². The van der Waals surface area contributed by atoms with E-state index in [1.807, 2.05) is 11.9 Å². The highest BCUT2D eigenvalue weighted by molar-refractivity contribution is 7.89. The third kappa shape index (κ3) is 4.62. The molecule has 0 aromatic heterocycles. The van der Waals surface area contributed by atoms with Gasteiger partial charge in [-0.05, 0) is 45.0 Å². The van der Waals surface area contributed by atoms with Gasteiger partial charge in [0.1, 0.15) is 10.6 Å². The minimum Gasteiger partial charge on any atom is -0.492 e. The van der Waals surface area contributed by atoms with Crippen molar-refractivity contribution in [3.8, 4) is 5.75 Å². The number of carbonyl (C=O) groups excluding carboxylic acids is 1. The summed E-state index contributed by atoms with van der Waals surface area (Å²) in [4.78, 5) is 17.1. The number of hydrogen-bond acceptors (Lipinski definition) is 5. The van der Waals surface area contributed by atoms with Gasteiger partial charge in [-0.3, -0.25) is 4.79 Å². The predicted molar refractivity (Wildman–Crippen MR) is 108 cm³/mol. The number of benzene rings is 1. The Balaban J connectivity index is 1.78. The van der Waals surface area contributed by atoms with Gasteiger partial charge in [-0.1, -0.05) is 11.6 Å². The van der Waals surface area contributed by atoms with E-state index in [0.29, 0.717) is 49.9 Å². The van der Waals surface area contributed by atoms with Gasteiger partial charge in [0.05, 0.1) is 12.5 Å². The molecule has 2 aliphatic heterocycles. The summed E-state index contributed by atoms with van der Waals surface area (Å²) < 4.78 is 33.5. The fourth-order valence-corrected chi connectivity index (χ4v) is 5.66. The molecule has 2 saturated heterocycles. The van der Waals surface area contributed by atoms with Gasteiger partial charge in [0.25, 0.3) is 0 Å². The van der Waals surface area contributed by atoms with Crippen LogP contribution in [0.3, 0.4) is 0 Å². The lowest BCUT2D eigenvalue weighted by Crippen LogP contribution is -2.52. The second-order valence-electron chi connectivity index (χ2n) is 7.35. The lowest BCUT2D eigenvalue weighted by Gasteiger charge is -2.37. The average molecular weight is 430 g/mol. The second kappa shape index (κ2) is 8.98. The van der Waals surface area contributed by atoms with Crippen molar-refractivity contribution in [3.63, 3.8) is 0 Å². The maximum absolute atomic E-state index is 13.3. The second-order valence-corrected chi connectivity index (χ2v) is 9.70. The van der Waals surface area contributed by atoms with Crippen LogP contribution in [-0.4, -0.2) is 81.4 Å². The van der Waals surface area contributed by atoms with E-state index >= 15 is 0 Å². The summed E-state index contributed by atoms with van der Waals surface area (Å²) in [5, 5.41) is 0.337. The highest BCUT2D eigenvalue weighted by atomic mass is 35.5. The first-order valence-corrected chi connectivity index (χ1v) is 11.5. The van der Waals surface area contributed by atoms with Crippen molar-refractivity contribution >= 4 is 27.5 Å². The molecular weight excluding hydrogens is 402 g/mol. The molecule has 156 valence electrons. The minimum atomic E-state index is -3.80. The van der Waals surface area contributed by atoms with Crippen LogP contribution in [0.4, 0.5) is 0 Å². The molecule has 2 aliphatic rings. The van der Waals surface area contributed by atoms with Crippen LogP contribution in [0, 0.1) is 5.92 Å². The molecule has 0 aliphatic carbocycles. The standard InChI is InChI=1S/C19H28ClN3O4S/c1-3-27-17-7-6-16(20)13-18(17)28(25,26)23-8-4-5-15(14-23)19(24)22-11-9-21(2)10-12-22/h6-7,13,15H,3-5,8-12,14H2,1-2H3/t15-/m0/s1. The summed E-state index contributed by atoms with van der Waals surface area (Å²) in [5.41, 5.74) is 0. The van der Waals surface area contributed by atoms with E-state index in [1.165, 1.54) is 10.4 Å². The Morgan fingerprint density at radius 2 is 1.93 bits per heavy atom. The van der Waals surface area contributed by atoms with Crippen LogP contribution >= 0.6 is 11.6 Å². The van der Waals surface area contributed by atoms with Gasteiger partial charge in [0.15, 0.2) is 0 Å². The molecule has 2 heterocycles. The first kappa shape index (κ1) is 21.4. The summed E-state index contributed by atoms with van der Waals surface area (Å²) in [7, 11) is -1.76. The molecule has 0 unspecified atom stereocenters. The summed E-state index contributed by atoms with van der Waals surface area (Å²) in [5.74, 6) is 0.0465. The van der Waals surface area contributed by atoms with Crippen LogP contribution in [-0.2, 0) is 14.8 Å². The monoisotopic (exact) mass is 429 g/mol. The smallest absolute Gasteiger partial charge is 0.246 e. The van der Waals surface area contributed by atoms with Gasteiger partial charge in [-0.2, -0.15) is 4.31 Å². The molecular formula is C19H28ClN3O4S. The number of nitrogens with zero attached hydrogens (tertiary/aromatic N) is 3.